The van der Waals surface area contributed by atoms with Gasteiger partial charge in [-0.3, -0.25) is 9.36 Å². The summed E-state index contributed by atoms with van der Waals surface area (Å²) in [6, 6.07) is 0. The zero-order valence-corrected chi connectivity index (χ0v) is 37.6. The molecule has 0 bridgehead atoms. The van der Waals surface area contributed by atoms with Crippen LogP contribution in [0.5, 0.6) is 0 Å². The third kappa shape index (κ3) is 42.1. The summed E-state index contributed by atoms with van der Waals surface area (Å²) in [4.78, 5) is 25.1. The van der Waals surface area contributed by atoms with Gasteiger partial charge in [-0.05, 0) is 38.5 Å². The Kier molecular flexibility index (Phi) is 37.1. The average Bonchev–Trinajstić information content (AvgIpc) is 3.15. The second-order valence-corrected chi connectivity index (χ2v) is 17.5. The summed E-state index contributed by atoms with van der Waals surface area (Å²) in [5.41, 5.74) is 0. The third-order valence-electron chi connectivity index (χ3n) is 9.27. The summed E-state index contributed by atoms with van der Waals surface area (Å²) in [6.45, 7) is 4.92. The molecular weight excluding hydrogens is 741 g/mol. The fraction of sp³-hybridized carbons (Fsp3) is 0.761. The van der Waals surface area contributed by atoms with Crippen LogP contribution in [0.4, 0.5) is 0 Å². The molecular formula is C46H84NO9P. The molecule has 0 saturated carbocycles. The van der Waals surface area contributed by atoms with Crippen LogP contribution in [0.1, 0.15) is 155 Å². The first kappa shape index (κ1) is 55.1. The van der Waals surface area contributed by atoms with Crippen molar-refractivity contribution < 1.29 is 47.5 Å². The lowest BCUT2D eigenvalue weighted by Gasteiger charge is -2.28. The predicted molar refractivity (Wildman–Crippen MR) is 234 cm³/mol. The number of quaternary nitrogens is 1. The fourth-order valence-electron chi connectivity index (χ4n) is 5.78. The summed E-state index contributed by atoms with van der Waals surface area (Å²) in [5, 5.41) is 20.3. The minimum atomic E-state index is -4.60. The number of allylic oxidation sites excluding steroid dienone is 7. The van der Waals surface area contributed by atoms with E-state index in [1.54, 1.807) is 36.5 Å². The Morgan fingerprint density at radius 3 is 1.77 bits per heavy atom. The molecule has 4 unspecified atom stereocenters. The molecule has 0 amide bonds. The fourth-order valence-corrected chi connectivity index (χ4v) is 6.51. The largest absolute Gasteiger partial charge is 0.756 e. The van der Waals surface area contributed by atoms with Crippen LogP contribution in [0.3, 0.4) is 0 Å². The van der Waals surface area contributed by atoms with E-state index in [-0.39, 0.29) is 19.6 Å². The van der Waals surface area contributed by atoms with Crippen LogP contribution in [-0.4, -0.2) is 93.1 Å². The van der Waals surface area contributed by atoms with Crippen LogP contribution in [0.2, 0.25) is 0 Å². The molecule has 0 aliphatic rings. The van der Waals surface area contributed by atoms with Crippen molar-refractivity contribution in [3.8, 4) is 0 Å². The Morgan fingerprint density at radius 1 is 0.667 bits per heavy atom. The first-order valence-electron chi connectivity index (χ1n) is 22.2. The van der Waals surface area contributed by atoms with Gasteiger partial charge in [0.15, 0.2) is 0 Å². The van der Waals surface area contributed by atoms with E-state index in [1.165, 1.54) is 83.5 Å². The Hall–Kier alpha value is -1.88. The molecule has 0 fully saturated rings. The standard InChI is InChI=1S/C46H84NO9P/c1-6-8-10-12-14-15-16-17-18-19-20-21-22-23-27-31-39-53-41-45(42-55-57(51,52)54-40-38-47(3,4)5)56-46(50)37-32-36-44(49)35-30-26-25-29-34-43(48)33-28-24-13-11-9-7-2/h9,11,24-26,28-30,34-35,43-45,48-49H,6-8,10,12-23,27,31-33,36-42H2,1-5H3/b11-9-,26-25-,28-24-,34-29+,35-30+. The molecule has 4 atom stereocenters. The molecule has 0 saturated heterocycles. The second kappa shape index (κ2) is 38.3. The number of phosphoric ester groups is 1. The van der Waals surface area contributed by atoms with Gasteiger partial charge in [0.2, 0.25) is 0 Å². The van der Waals surface area contributed by atoms with Gasteiger partial charge < -0.3 is 38.1 Å². The highest BCUT2D eigenvalue weighted by Crippen LogP contribution is 2.38. The van der Waals surface area contributed by atoms with E-state index in [0.29, 0.717) is 36.9 Å². The molecule has 10 nitrogen and oxygen atoms in total. The number of phosphoric acid groups is 1. The normalized spacial score (nSPS) is 15.4. The summed E-state index contributed by atoms with van der Waals surface area (Å²) in [7, 11) is 1.20. The van der Waals surface area contributed by atoms with Crippen LogP contribution in [0.25, 0.3) is 0 Å². The number of aliphatic hydroxyl groups excluding tert-OH is 2. The van der Waals surface area contributed by atoms with Gasteiger partial charge in [-0.15, -0.1) is 0 Å². The van der Waals surface area contributed by atoms with E-state index in [2.05, 4.69) is 26.0 Å². The van der Waals surface area contributed by atoms with Crippen molar-refractivity contribution in [2.45, 2.75) is 173 Å². The van der Waals surface area contributed by atoms with Crippen molar-refractivity contribution in [2.75, 3.05) is 54.1 Å². The van der Waals surface area contributed by atoms with Crippen LogP contribution in [-0.2, 0) is 27.9 Å². The van der Waals surface area contributed by atoms with Crippen molar-refractivity contribution in [3.63, 3.8) is 0 Å². The van der Waals surface area contributed by atoms with Crippen LogP contribution >= 0.6 is 7.82 Å². The van der Waals surface area contributed by atoms with E-state index in [4.69, 9.17) is 18.5 Å². The SMILES string of the molecule is CC/C=C\C/C=C\CC(O)/C=C/C=C\C=C\C(O)CCCC(=O)OC(COCCCCCCCCCCCCCCCCCC)COP(=O)([O-])OCC[N+](C)(C)C. The van der Waals surface area contributed by atoms with Gasteiger partial charge in [0.05, 0.1) is 46.6 Å². The monoisotopic (exact) mass is 826 g/mol. The third-order valence-corrected chi connectivity index (χ3v) is 10.2. The van der Waals surface area contributed by atoms with E-state index in [1.807, 2.05) is 33.3 Å². The molecule has 2 N–H and O–H groups in total. The minimum Gasteiger partial charge on any atom is -0.756 e. The van der Waals surface area contributed by atoms with Gasteiger partial charge in [-0.25, -0.2) is 0 Å². The van der Waals surface area contributed by atoms with E-state index >= 15 is 0 Å². The van der Waals surface area contributed by atoms with Crippen molar-refractivity contribution in [1.82, 2.24) is 0 Å². The Labute approximate surface area is 348 Å². The quantitative estimate of drug-likeness (QED) is 0.0155. The van der Waals surface area contributed by atoms with Gasteiger partial charge in [0.1, 0.15) is 19.3 Å². The van der Waals surface area contributed by atoms with Crippen molar-refractivity contribution in [3.05, 3.63) is 60.8 Å². The van der Waals surface area contributed by atoms with E-state index in [9.17, 15) is 24.5 Å². The minimum absolute atomic E-state index is 0.0138. The lowest BCUT2D eigenvalue weighted by molar-refractivity contribution is -0.870. The van der Waals surface area contributed by atoms with E-state index in [0.717, 1.165) is 32.1 Å². The molecule has 0 aliphatic heterocycles. The predicted octanol–water partition coefficient (Wildman–Crippen LogP) is 10.2. The number of esters is 1. The van der Waals surface area contributed by atoms with E-state index < -0.39 is 38.7 Å². The van der Waals surface area contributed by atoms with Crippen LogP contribution in [0, 0.1) is 0 Å². The van der Waals surface area contributed by atoms with Gasteiger partial charge in [0.25, 0.3) is 7.82 Å². The van der Waals surface area contributed by atoms with Crippen molar-refractivity contribution >= 4 is 13.8 Å². The van der Waals surface area contributed by atoms with Crippen molar-refractivity contribution in [2.24, 2.45) is 0 Å². The average molecular weight is 826 g/mol. The summed E-state index contributed by atoms with van der Waals surface area (Å²) in [5.74, 6) is -0.520. The topological polar surface area (TPSA) is 135 Å². The number of aliphatic hydroxyl groups is 2. The molecule has 0 aromatic carbocycles. The van der Waals surface area contributed by atoms with Gasteiger partial charge in [-0.2, -0.15) is 0 Å². The number of hydrogen-bond donors (Lipinski definition) is 2. The number of nitrogens with zero attached hydrogens (tertiary/aromatic N) is 1. The lowest BCUT2D eigenvalue weighted by Crippen LogP contribution is -2.37. The summed E-state index contributed by atoms with van der Waals surface area (Å²) < 4.78 is 34.4. The molecule has 0 spiro atoms. The Morgan fingerprint density at radius 2 is 1.21 bits per heavy atom. The number of hydrogen-bond acceptors (Lipinski definition) is 9. The molecule has 0 radical (unpaired) electrons. The van der Waals surface area contributed by atoms with Gasteiger partial charge in [-0.1, -0.05) is 171 Å². The molecule has 0 aliphatic carbocycles. The first-order chi connectivity index (χ1) is 27.4. The maximum Gasteiger partial charge on any atom is 0.306 e. The number of ether oxygens (including phenoxy) is 2. The zero-order valence-electron chi connectivity index (χ0n) is 36.7. The lowest BCUT2D eigenvalue weighted by atomic mass is 10.0. The summed E-state index contributed by atoms with van der Waals surface area (Å²) in [6.07, 6.45) is 40.1. The molecule has 0 rings (SSSR count). The maximum atomic E-state index is 12.7. The zero-order chi connectivity index (χ0) is 42.3. The summed E-state index contributed by atoms with van der Waals surface area (Å²) >= 11 is 0. The smallest absolute Gasteiger partial charge is 0.306 e. The van der Waals surface area contributed by atoms with Crippen LogP contribution in [0.15, 0.2) is 60.8 Å². The molecule has 0 aromatic heterocycles. The van der Waals surface area contributed by atoms with Crippen LogP contribution < -0.4 is 4.89 Å². The number of rotatable bonds is 40. The maximum absolute atomic E-state index is 12.7. The number of unbranched alkanes of at least 4 members (excludes halogenated alkanes) is 15. The molecule has 332 valence electrons. The Bertz CT molecular complexity index is 1130. The molecule has 0 aromatic rings. The highest BCUT2D eigenvalue weighted by atomic mass is 31.2. The van der Waals surface area contributed by atoms with Gasteiger partial charge in [0, 0.05) is 13.0 Å². The molecule has 0 heterocycles. The molecule has 57 heavy (non-hydrogen) atoms. The number of carbonyl (C=O) groups is 1. The second-order valence-electron chi connectivity index (χ2n) is 16.1. The number of carbonyl (C=O) groups excluding carboxylic acids is 1. The highest BCUT2D eigenvalue weighted by molar-refractivity contribution is 7.45. The van der Waals surface area contributed by atoms with Gasteiger partial charge >= 0.3 is 5.97 Å². The Balaban J connectivity index is 4.50. The molecule has 11 heteroatoms. The number of likely N-dealkylation sites (N-methyl/N-ethyl adjacent to an activating group) is 1. The highest BCUT2D eigenvalue weighted by Gasteiger charge is 2.20. The first-order valence-corrected chi connectivity index (χ1v) is 23.7. The van der Waals surface area contributed by atoms with Crippen molar-refractivity contribution in [1.29, 1.82) is 0 Å².